The molecule has 214 valence electrons. The number of aryl methyl sites for hydroxylation is 2. The van der Waals surface area contributed by atoms with Crippen molar-refractivity contribution in [2.24, 2.45) is 0 Å². The predicted octanol–water partition coefficient (Wildman–Crippen LogP) is 5.87. The van der Waals surface area contributed by atoms with Crippen molar-refractivity contribution in [2.75, 3.05) is 0 Å². The first-order valence-corrected chi connectivity index (χ1v) is 16.3. The number of phenolic OH excluding ortho intramolecular Hbond substituents is 1. The van der Waals surface area contributed by atoms with Crippen LogP contribution >= 0.6 is 7.26 Å². The summed E-state index contributed by atoms with van der Waals surface area (Å²) in [4.78, 5) is 0. The number of hydrogen-bond donors (Lipinski definition) is 1. The van der Waals surface area contributed by atoms with E-state index in [4.69, 9.17) is 0 Å². The number of para-hydroxylation sites is 2. The average Bonchev–Trinajstić information content (AvgIpc) is 3.07. The molecule has 0 amide bonds. The largest absolute Gasteiger partial charge is 0.617 e. The molecule has 7 aromatic rings. The number of nitrogens with zero attached hydrogens (tertiary/aromatic N) is 2. The zero-order chi connectivity index (χ0) is 30.4. The molecule has 0 unspecified atom stereocenters. The van der Waals surface area contributed by atoms with E-state index in [1.165, 1.54) is 0 Å². The van der Waals surface area contributed by atoms with Crippen LogP contribution in [0.5, 0.6) is 5.75 Å². The van der Waals surface area contributed by atoms with Crippen LogP contribution in [0, 0.1) is 24.3 Å². The van der Waals surface area contributed by atoms with Gasteiger partial charge in [-0.15, -0.1) is 4.73 Å². The highest BCUT2D eigenvalue weighted by molar-refractivity contribution is 8.02. The van der Waals surface area contributed by atoms with Crippen LogP contribution in [0.1, 0.15) is 11.1 Å². The Morgan fingerprint density at radius 3 is 1.50 bits per heavy atom. The van der Waals surface area contributed by atoms with Crippen molar-refractivity contribution in [1.29, 1.82) is 0 Å². The number of aromatic nitrogens is 2. The molecular formula is C38H30N2O3P+. The van der Waals surface area contributed by atoms with Crippen LogP contribution in [-0.2, 0) is 0 Å². The molecule has 0 aliphatic rings. The molecule has 0 spiro atoms. The van der Waals surface area contributed by atoms with Crippen LogP contribution in [0.3, 0.4) is 0 Å². The molecule has 0 atom stereocenters. The molecule has 1 N–H and O–H groups in total. The maximum Gasteiger partial charge on any atom is 0.338 e. The predicted molar refractivity (Wildman–Crippen MR) is 181 cm³/mol. The molecule has 0 bridgehead atoms. The molecule has 44 heavy (non-hydrogen) atoms. The van der Waals surface area contributed by atoms with Crippen LogP contribution in [0.25, 0.3) is 33.2 Å². The summed E-state index contributed by atoms with van der Waals surface area (Å²) in [5.41, 5.74) is 4.32. The highest BCUT2D eigenvalue weighted by Gasteiger charge is 2.55. The molecule has 0 aliphatic heterocycles. The molecule has 0 saturated carbocycles. The molecule has 7 rings (SSSR count). The summed E-state index contributed by atoms with van der Waals surface area (Å²) in [5, 5.41) is 44.8. The second-order valence-electron chi connectivity index (χ2n) is 11.0. The molecule has 0 radical (unpaired) electrons. The molecule has 1 heterocycles. The zero-order valence-corrected chi connectivity index (χ0v) is 25.3. The second kappa shape index (κ2) is 10.8. The standard InChI is InChI=1S/C38H29N2O3P/c1-26-22-23-28(24-27(26)2)32-25-35-36(40(43)34-21-13-12-20-33(34)39(35)42)38(37(32)41)44(29-14-6-3-7-15-29,30-16-8-4-9-17-30)31-18-10-5-11-19-31/h3-25H,1-2H3/p+1. The first-order valence-electron chi connectivity index (χ1n) is 14.5. The lowest BCUT2D eigenvalue weighted by atomic mass is 9.99. The minimum atomic E-state index is -3.01. The van der Waals surface area contributed by atoms with E-state index in [1.54, 1.807) is 30.3 Å². The van der Waals surface area contributed by atoms with Gasteiger partial charge in [0.05, 0.1) is 0 Å². The maximum absolute atomic E-state index is 14.6. The van der Waals surface area contributed by atoms with Crippen LogP contribution in [0.2, 0.25) is 0 Å². The van der Waals surface area contributed by atoms with Gasteiger partial charge in [0.2, 0.25) is 5.30 Å². The van der Waals surface area contributed by atoms with E-state index in [0.29, 0.717) is 10.9 Å². The van der Waals surface area contributed by atoms with Gasteiger partial charge in [0.1, 0.15) is 15.9 Å². The van der Waals surface area contributed by atoms with E-state index < -0.39 is 7.26 Å². The Morgan fingerprint density at radius 1 is 0.523 bits per heavy atom. The number of rotatable bonds is 5. The van der Waals surface area contributed by atoms with Crippen LogP contribution in [0.4, 0.5) is 0 Å². The Labute approximate surface area is 256 Å². The highest BCUT2D eigenvalue weighted by Crippen LogP contribution is 2.58. The van der Waals surface area contributed by atoms with Crippen molar-refractivity contribution in [2.45, 2.75) is 13.8 Å². The second-order valence-corrected chi connectivity index (χ2v) is 14.4. The van der Waals surface area contributed by atoms with Crippen LogP contribution < -0.4 is 30.7 Å². The molecule has 0 saturated heterocycles. The van der Waals surface area contributed by atoms with Crippen LogP contribution in [-0.4, -0.2) is 5.11 Å². The molecule has 0 aliphatic carbocycles. The summed E-state index contributed by atoms with van der Waals surface area (Å²) >= 11 is 0. The van der Waals surface area contributed by atoms with Crippen molar-refractivity contribution in [3.63, 3.8) is 0 Å². The molecule has 6 aromatic carbocycles. The molecule has 5 nitrogen and oxygen atoms in total. The third kappa shape index (κ3) is 4.12. The van der Waals surface area contributed by atoms with Gasteiger partial charge in [-0.25, -0.2) is 0 Å². The Balaban J connectivity index is 1.79. The van der Waals surface area contributed by atoms with E-state index in [2.05, 4.69) is 36.4 Å². The Hall–Kier alpha value is -5.25. The third-order valence-corrected chi connectivity index (χ3v) is 12.9. The first-order chi connectivity index (χ1) is 21.4. The fourth-order valence-corrected chi connectivity index (χ4v) is 10.8. The van der Waals surface area contributed by atoms with Gasteiger partial charge in [-0.3, -0.25) is 0 Å². The van der Waals surface area contributed by atoms with Crippen molar-refractivity contribution >= 4 is 50.5 Å². The number of hydrogen-bond acceptors (Lipinski definition) is 3. The van der Waals surface area contributed by atoms with Gasteiger partial charge < -0.3 is 15.5 Å². The van der Waals surface area contributed by atoms with Gasteiger partial charge in [-0.2, -0.15) is 4.73 Å². The smallest absolute Gasteiger partial charge is 0.338 e. The minimum Gasteiger partial charge on any atom is -0.617 e. The van der Waals surface area contributed by atoms with Crippen molar-refractivity contribution < 1.29 is 14.6 Å². The summed E-state index contributed by atoms with van der Waals surface area (Å²) < 4.78 is 1.67. The number of benzene rings is 6. The zero-order valence-electron chi connectivity index (χ0n) is 24.4. The Bertz CT molecular complexity index is 2070. The van der Waals surface area contributed by atoms with E-state index in [0.717, 1.165) is 42.1 Å². The van der Waals surface area contributed by atoms with Gasteiger partial charge in [0, 0.05) is 23.8 Å². The van der Waals surface area contributed by atoms with Crippen molar-refractivity contribution in [1.82, 2.24) is 0 Å². The van der Waals surface area contributed by atoms with Gasteiger partial charge in [0.15, 0.2) is 13.0 Å². The van der Waals surface area contributed by atoms with Gasteiger partial charge in [-0.05, 0) is 66.9 Å². The summed E-state index contributed by atoms with van der Waals surface area (Å²) in [7, 11) is -3.01. The van der Waals surface area contributed by atoms with Crippen molar-refractivity contribution in [3.8, 4) is 16.9 Å². The van der Waals surface area contributed by atoms with Gasteiger partial charge >= 0.3 is 5.52 Å². The molecule has 1 aromatic heterocycles. The van der Waals surface area contributed by atoms with Gasteiger partial charge in [-0.1, -0.05) is 84.9 Å². The fourth-order valence-electron chi connectivity index (χ4n) is 6.28. The molecule has 0 fully saturated rings. The summed E-state index contributed by atoms with van der Waals surface area (Å²) in [5.74, 6) is -0.00877. The normalized spacial score (nSPS) is 11.7. The first kappa shape index (κ1) is 27.6. The Morgan fingerprint density at radius 2 is 1.00 bits per heavy atom. The fraction of sp³-hybridized carbons (Fsp3) is 0.0526. The van der Waals surface area contributed by atoms with E-state index >= 15 is 0 Å². The Kier molecular flexibility index (Phi) is 6.76. The topological polar surface area (TPSA) is 74.1 Å². The SMILES string of the molecule is Cc1ccc(-c2cc3c(c([P+](c4ccccc4)(c4ccccc4)c4ccccc4)c2O)[n+]([O-])c2ccccc2[n+]3[O-])cc1C. The minimum absolute atomic E-state index is 0.00877. The lowest BCUT2D eigenvalue weighted by Gasteiger charge is -2.28. The van der Waals surface area contributed by atoms with E-state index in [9.17, 15) is 15.5 Å². The average molecular weight is 594 g/mol. The van der Waals surface area contributed by atoms with E-state index in [-0.39, 0.29) is 27.8 Å². The summed E-state index contributed by atoms with van der Waals surface area (Å²) in [6, 6.07) is 44.6. The third-order valence-electron chi connectivity index (χ3n) is 8.55. The maximum atomic E-state index is 14.6. The summed E-state index contributed by atoms with van der Waals surface area (Å²) in [6.45, 7) is 4.07. The number of fused-ring (bicyclic) bond motifs is 2. The number of phenols is 1. The quantitative estimate of drug-likeness (QED) is 0.117. The van der Waals surface area contributed by atoms with Crippen molar-refractivity contribution in [3.05, 3.63) is 161 Å². The van der Waals surface area contributed by atoms with E-state index in [1.807, 2.05) is 86.6 Å². The lowest BCUT2D eigenvalue weighted by molar-refractivity contribution is -0.590. The molecule has 6 heteroatoms. The van der Waals surface area contributed by atoms with Crippen LogP contribution in [0.15, 0.2) is 140 Å². The monoisotopic (exact) mass is 593 g/mol. The number of aromatic hydroxyl groups is 1. The highest BCUT2D eigenvalue weighted by atomic mass is 31.2. The molecular weight excluding hydrogens is 563 g/mol. The lowest BCUT2D eigenvalue weighted by Crippen LogP contribution is -2.46. The van der Waals surface area contributed by atoms with Gasteiger partial charge in [0.25, 0.3) is 16.6 Å². The summed E-state index contributed by atoms with van der Waals surface area (Å²) in [6.07, 6.45) is 0.